The zero-order chi connectivity index (χ0) is 15.2. The van der Waals surface area contributed by atoms with E-state index in [0.29, 0.717) is 18.0 Å². The highest BCUT2D eigenvalue weighted by Gasteiger charge is 2.22. The van der Waals surface area contributed by atoms with E-state index >= 15 is 0 Å². The molecule has 0 saturated heterocycles. The molecule has 0 fully saturated rings. The SMILES string of the molecule is CCN(C(=O)C(C)Oc1ccccc1)c1ccc(F)cc1. The lowest BCUT2D eigenvalue weighted by Gasteiger charge is -2.25. The number of nitrogens with zero attached hydrogens (tertiary/aromatic N) is 1. The minimum atomic E-state index is -0.614. The van der Waals surface area contributed by atoms with Gasteiger partial charge in [-0.25, -0.2) is 4.39 Å². The van der Waals surface area contributed by atoms with Crippen molar-refractivity contribution in [2.24, 2.45) is 0 Å². The van der Waals surface area contributed by atoms with Gasteiger partial charge in [0.25, 0.3) is 5.91 Å². The molecule has 4 heteroatoms. The summed E-state index contributed by atoms with van der Waals surface area (Å²) in [6.07, 6.45) is -0.614. The van der Waals surface area contributed by atoms with Gasteiger partial charge in [-0.15, -0.1) is 0 Å². The van der Waals surface area contributed by atoms with Crippen LogP contribution in [0.2, 0.25) is 0 Å². The Kier molecular flexibility index (Phi) is 4.93. The number of hydrogen-bond donors (Lipinski definition) is 0. The Morgan fingerprint density at radius 3 is 2.33 bits per heavy atom. The van der Waals surface area contributed by atoms with Gasteiger partial charge in [0.15, 0.2) is 6.10 Å². The van der Waals surface area contributed by atoms with E-state index < -0.39 is 6.10 Å². The number of benzene rings is 2. The van der Waals surface area contributed by atoms with Crippen molar-refractivity contribution < 1.29 is 13.9 Å². The second kappa shape index (κ2) is 6.88. The predicted molar refractivity (Wildman–Crippen MR) is 81.0 cm³/mol. The Morgan fingerprint density at radius 1 is 1.14 bits per heavy atom. The number of para-hydroxylation sites is 1. The molecule has 0 bridgehead atoms. The van der Waals surface area contributed by atoms with Gasteiger partial charge in [0.05, 0.1) is 0 Å². The number of hydrogen-bond acceptors (Lipinski definition) is 2. The molecule has 2 rings (SSSR count). The van der Waals surface area contributed by atoms with Crippen molar-refractivity contribution in [2.45, 2.75) is 20.0 Å². The molecule has 1 amide bonds. The number of carbonyl (C=O) groups excluding carboxylic acids is 1. The van der Waals surface area contributed by atoms with E-state index in [1.54, 1.807) is 36.1 Å². The molecule has 0 aliphatic rings. The van der Waals surface area contributed by atoms with E-state index in [9.17, 15) is 9.18 Å². The average molecular weight is 287 g/mol. The summed E-state index contributed by atoms with van der Waals surface area (Å²) in [5, 5.41) is 0. The van der Waals surface area contributed by atoms with Crippen LogP contribution in [0.1, 0.15) is 13.8 Å². The van der Waals surface area contributed by atoms with Crippen LogP contribution in [-0.4, -0.2) is 18.6 Å². The summed E-state index contributed by atoms with van der Waals surface area (Å²) in [7, 11) is 0. The summed E-state index contributed by atoms with van der Waals surface area (Å²) in [6, 6.07) is 15.1. The third-order valence-corrected chi connectivity index (χ3v) is 3.12. The number of carbonyl (C=O) groups is 1. The third-order valence-electron chi connectivity index (χ3n) is 3.12. The molecular formula is C17H18FNO2. The fraction of sp³-hybridized carbons (Fsp3) is 0.235. The van der Waals surface area contributed by atoms with Crippen molar-refractivity contribution in [3.8, 4) is 5.75 Å². The van der Waals surface area contributed by atoms with Crippen molar-refractivity contribution in [1.29, 1.82) is 0 Å². The molecule has 0 heterocycles. The Hall–Kier alpha value is -2.36. The second-order valence-electron chi connectivity index (χ2n) is 4.63. The largest absolute Gasteiger partial charge is 0.481 e. The average Bonchev–Trinajstić information content (AvgIpc) is 2.50. The molecule has 1 atom stereocenters. The first-order valence-electron chi connectivity index (χ1n) is 6.90. The molecule has 0 radical (unpaired) electrons. The van der Waals surface area contributed by atoms with Crippen molar-refractivity contribution in [1.82, 2.24) is 0 Å². The molecule has 0 N–H and O–H groups in total. The fourth-order valence-electron chi connectivity index (χ4n) is 2.06. The van der Waals surface area contributed by atoms with Gasteiger partial charge < -0.3 is 9.64 Å². The number of ether oxygens (including phenoxy) is 1. The zero-order valence-electron chi connectivity index (χ0n) is 12.1. The van der Waals surface area contributed by atoms with Gasteiger partial charge in [-0.3, -0.25) is 4.79 Å². The van der Waals surface area contributed by atoms with E-state index in [-0.39, 0.29) is 11.7 Å². The van der Waals surface area contributed by atoms with E-state index in [2.05, 4.69) is 0 Å². The monoisotopic (exact) mass is 287 g/mol. The van der Waals surface area contributed by atoms with Crippen LogP contribution < -0.4 is 9.64 Å². The highest BCUT2D eigenvalue weighted by Crippen LogP contribution is 2.18. The molecular weight excluding hydrogens is 269 g/mol. The lowest BCUT2D eigenvalue weighted by molar-refractivity contribution is -0.124. The number of likely N-dealkylation sites (N-methyl/N-ethyl adjacent to an activating group) is 1. The number of rotatable bonds is 5. The van der Waals surface area contributed by atoms with Crippen LogP contribution in [0, 0.1) is 5.82 Å². The second-order valence-corrected chi connectivity index (χ2v) is 4.63. The molecule has 110 valence electrons. The summed E-state index contributed by atoms with van der Waals surface area (Å²) in [5.74, 6) is 0.164. The van der Waals surface area contributed by atoms with Crippen LogP contribution in [0.15, 0.2) is 54.6 Å². The van der Waals surface area contributed by atoms with Crippen molar-refractivity contribution in [2.75, 3.05) is 11.4 Å². The van der Waals surface area contributed by atoms with E-state index in [1.165, 1.54) is 12.1 Å². The van der Waals surface area contributed by atoms with Crippen molar-refractivity contribution >= 4 is 11.6 Å². The Bertz CT molecular complexity index is 583. The maximum absolute atomic E-state index is 13.0. The summed E-state index contributed by atoms with van der Waals surface area (Å²) < 4.78 is 18.6. The van der Waals surface area contributed by atoms with Crippen LogP contribution in [0.5, 0.6) is 5.75 Å². The minimum absolute atomic E-state index is 0.159. The first-order chi connectivity index (χ1) is 10.1. The van der Waals surface area contributed by atoms with E-state index in [0.717, 1.165) is 0 Å². The van der Waals surface area contributed by atoms with Gasteiger partial charge in [0.2, 0.25) is 0 Å². The normalized spacial score (nSPS) is 11.8. The zero-order valence-corrected chi connectivity index (χ0v) is 12.1. The topological polar surface area (TPSA) is 29.5 Å². The van der Waals surface area contributed by atoms with Gasteiger partial charge in [-0.1, -0.05) is 18.2 Å². The first kappa shape index (κ1) is 15.0. The summed E-state index contributed by atoms with van der Waals surface area (Å²) >= 11 is 0. The molecule has 3 nitrogen and oxygen atoms in total. The molecule has 21 heavy (non-hydrogen) atoms. The maximum Gasteiger partial charge on any atom is 0.267 e. The Balaban J connectivity index is 2.10. The molecule has 2 aromatic carbocycles. The highest BCUT2D eigenvalue weighted by atomic mass is 19.1. The first-order valence-corrected chi connectivity index (χ1v) is 6.90. The van der Waals surface area contributed by atoms with Gasteiger partial charge >= 0.3 is 0 Å². The standard InChI is InChI=1S/C17H18FNO2/c1-3-19(15-11-9-14(18)10-12-15)17(20)13(2)21-16-7-5-4-6-8-16/h4-13H,3H2,1-2H3. The maximum atomic E-state index is 13.0. The Morgan fingerprint density at radius 2 is 1.76 bits per heavy atom. The predicted octanol–water partition coefficient (Wildman–Crippen LogP) is 3.65. The quantitative estimate of drug-likeness (QED) is 0.840. The molecule has 0 aliphatic carbocycles. The van der Waals surface area contributed by atoms with Gasteiger partial charge in [-0.2, -0.15) is 0 Å². The van der Waals surface area contributed by atoms with Crippen LogP contribution in [0.3, 0.4) is 0 Å². The van der Waals surface area contributed by atoms with Crippen LogP contribution >= 0.6 is 0 Å². The van der Waals surface area contributed by atoms with Crippen LogP contribution in [0.25, 0.3) is 0 Å². The highest BCUT2D eigenvalue weighted by molar-refractivity contribution is 5.96. The lowest BCUT2D eigenvalue weighted by Crippen LogP contribution is -2.40. The van der Waals surface area contributed by atoms with Gasteiger partial charge in [0, 0.05) is 12.2 Å². The van der Waals surface area contributed by atoms with Crippen molar-refractivity contribution in [3.63, 3.8) is 0 Å². The summed E-state index contributed by atoms with van der Waals surface area (Å²) in [6.45, 7) is 4.07. The fourth-order valence-corrected chi connectivity index (χ4v) is 2.06. The third kappa shape index (κ3) is 3.81. The van der Waals surface area contributed by atoms with Crippen molar-refractivity contribution in [3.05, 3.63) is 60.4 Å². The molecule has 2 aromatic rings. The summed E-state index contributed by atoms with van der Waals surface area (Å²) in [4.78, 5) is 14.0. The van der Waals surface area contributed by atoms with Crippen LogP contribution in [0.4, 0.5) is 10.1 Å². The molecule has 0 spiro atoms. The van der Waals surface area contributed by atoms with E-state index in [1.807, 2.05) is 25.1 Å². The van der Waals surface area contributed by atoms with E-state index in [4.69, 9.17) is 4.74 Å². The summed E-state index contributed by atoms with van der Waals surface area (Å²) in [5.41, 5.74) is 0.660. The number of amides is 1. The molecule has 0 aliphatic heterocycles. The van der Waals surface area contributed by atoms with Gasteiger partial charge in [0.1, 0.15) is 11.6 Å². The number of halogens is 1. The molecule has 0 saturated carbocycles. The molecule has 0 aromatic heterocycles. The number of anilines is 1. The van der Waals surface area contributed by atoms with Crippen LogP contribution in [-0.2, 0) is 4.79 Å². The Labute approximate surface area is 124 Å². The van der Waals surface area contributed by atoms with Gasteiger partial charge in [-0.05, 0) is 50.2 Å². The molecule has 1 unspecified atom stereocenters. The lowest BCUT2D eigenvalue weighted by atomic mass is 10.2. The smallest absolute Gasteiger partial charge is 0.267 e. The minimum Gasteiger partial charge on any atom is -0.481 e.